The first-order chi connectivity index (χ1) is 10.6. The van der Waals surface area contributed by atoms with E-state index in [0.29, 0.717) is 17.3 Å². The number of benzene rings is 1. The van der Waals surface area contributed by atoms with Crippen LogP contribution in [0, 0.1) is 5.82 Å². The Hall–Kier alpha value is -1.92. The van der Waals surface area contributed by atoms with E-state index in [9.17, 15) is 9.18 Å². The Bertz CT molecular complexity index is 695. The molecular weight excluding hydrogens is 307 g/mol. The number of fused-ring (bicyclic) bond motifs is 1. The molecule has 1 aromatic heterocycles. The Kier molecular flexibility index (Phi) is 4.13. The van der Waals surface area contributed by atoms with Gasteiger partial charge in [0, 0.05) is 41.4 Å². The molecule has 2 heterocycles. The minimum absolute atomic E-state index is 0.278. The molecule has 0 aliphatic carbocycles. The lowest BCUT2D eigenvalue weighted by atomic mass is 10.1. The van der Waals surface area contributed by atoms with Gasteiger partial charge in [0.25, 0.3) is 5.91 Å². The monoisotopic (exact) mass is 322 g/mol. The predicted molar refractivity (Wildman–Crippen MR) is 81.3 cm³/mol. The molecule has 1 atom stereocenters. The molecule has 1 aromatic carbocycles. The van der Waals surface area contributed by atoms with Crippen molar-refractivity contribution in [3.05, 3.63) is 51.6 Å². The molecule has 0 fully saturated rings. The summed E-state index contributed by atoms with van der Waals surface area (Å²) in [6.07, 6.45) is 0.810. The van der Waals surface area contributed by atoms with Crippen molar-refractivity contribution in [1.82, 2.24) is 20.8 Å². The van der Waals surface area contributed by atoms with E-state index in [1.54, 1.807) is 13.0 Å². The number of aromatic amines is 1. The SMILES string of the molecule is CC(NC(=O)c1n[nH]c2c1CNCC2)c1c(F)cccc1Cl. The second-order valence-electron chi connectivity index (χ2n) is 5.29. The lowest BCUT2D eigenvalue weighted by Gasteiger charge is -2.17. The van der Waals surface area contributed by atoms with Crippen LogP contribution < -0.4 is 10.6 Å². The third-order valence-corrected chi connectivity index (χ3v) is 4.13. The van der Waals surface area contributed by atoms with Crippen LogP contribution in [-0.4, -0.2) is 22.6 Å². The molecule has 1 unspecified atom stereocenters. The van der Waals surface area contributed by atoms with Gasteiger partial charge in [-0.2, -0.15) is 5.10 Å². The van der Waals surface area contributed by atoms with E-state index in [0.717, 1.165) is 24.2 Å². The molecule has 0 spiro atoms. The highest BCUT2D eigenvalue weighted by Crippen LogP contribution is 2.26. The summed E-state index contributed by atoms with van der Waals surface area (Å²) < 4.78 is 13.9. The summed E-state index contributed by atoms with van der Waals surface area (Å²) in [4.78, 5) is 12.4. The number of carbonyl (C=O) groups excluding carboxylic acids is 1. The van der Waals surface area contributed by atoms with Crippen LogP contribution in [0.5, 0.6) is 0 Å². The second kappa shape index (κ2) is 6.06. The van der Waals surface area contributed by atoms with Crippen molar-refractivity contribution in [3.63, 3.8) is 0 Å². The van der Waals surface area contributed by atoms with Crippen LogP contribution in [0.2, 0.25) is 5.02 Å². The van der Waals surface area contributed by atoms with Crippen LogP contribution in [0.1, 0.15) is 40.3 Å². The Morgan fingerprint density at radius 1 is 1.50 bits per heavy atom. The molecule has 0 saturated carbocycles. The van der Waals surface area contributed by atoms with Crippen molar-refractivity contribution in [3.8, 4) is 0 Å². The average Bonchev–Trinajstić information content (AvgIpc) is 2.91. The smallest absolute Gasteiger partial charge is 0.272 e. The highest BCUT2D eigenvalue weighted by Gasteiger charge is 2.24. The van der Waals surface area contributed by atoms with Crippen molar-refractivity contribution in [2.75, 3.05) is 6.54 Å². The second-order valence-corrected chi connectivity index (χ2v) is 5.69. The van der Waals surface area contributed by atoms with Crippen molar-refractivity contribution in [1.29, 1.82) is 0 Å². The number of hydrogen-bond acceptors (Lipinski definition) is 3. The number of nitrogens with one attached hydrogen (secondary N) is 3. The number of hydrogen-bond donors (Lipinski definition) is 3. The van der Waals surface area contributed by atoms with Crippen molar-refractivity contribution < 1.29 is 9.18 Å². The van der Waals surface area contributed by atoms with Crippen LogP contribution in [0.25, 0.3) is 0 Å². The lowest BCUT2D eigenvalue weighted by Crippen LogP contribution is -2.30. The van der Waals surface area contributed by atoms with E-state index in [2.05, 4.69) is 20.8 Å². The third-order valence-electron chi connectivity index (χ3n) is 3.80. The highest BCUT2D eigenvalue weighted by molar-refractivity contribution is 6.31. The van der Waals surface area contributed by atoms with Crippen LogP contribution in [-0.2, 0) is 13.0 Å². The Morgan fingerprint density at radius 2 is 2.32 bits per heavy atom. The van der Waals surface area contributed by atoms with Crippen LogP contribution in [0.15, 0.2) is 18.2 Å². The molecule has 2 aromatic rings. The fourth-order valence-electron chi connectivity index (χ4n) is 2.67. The van der Waals surface area contributed by atoms with Gasteiger partial charge in [-0.05, 0) is 19.1 Å². The maximum Gasteiger partial charge on any atom is 0.272 e. The summed E-state index contributed by atoms with van der Waals surface area (Å²) >= 11 is 6.02. The molecule has 0 saturated heterocycles. The average molecular weight is 323 g/mol. The van der Waals surface area contributed by atoms with Crippen LogP contribution in [0.3, 0.4) is 0 Å². The largest absolute Gasteiger partial charge is 0.344 e. The number of amides is 1. The van der Waals surface area contributed by atoms with Gasteiger partial charge in [-0.1, -0.05) is 17.7 Å². The van der Waals surface area contributed by atoms with Crippen molar-refractivity contribution >= 4 is 17.5 Å². The molecule has 1 aliphatic heterocycles. The minimum atomic E-state index is -0.551. The number of nitrogens with zero attached hydrogens (tertiary/aromatic N) is 1. The number of halogens is 2. The topological polar surface area (TPSA) is 69.8 Å². The molecule has 5 nitrogen and oxygen atoms in total. The normalized spacial score (nSPS) is 15.2. The van der Waals surface area contributed by atoms with Crippen LogP contribution in [0.4, 0.5) is 4.39 Å². The van der Waals surface area contributed by atoms with Gasteiger partial charge in [0.05, 0.1) is 6.04 Å². The summed E-state index contributed by atoms with van der Waals surface area (Å²) in [6, 6.07) is 3.91. The minimum Gasteiger partial charge on any atom is -0.344 e. The molecule has 1 aliphatic rings. The molecule has 7 heteroatoms. The first-order valence-corrected chi connectivity index (χ1v) is 7.47. The number of aromatic nitrogens is 2. The van der Waals surface area contributed by atoms with Gasteiger partial charge >= 0.3 is 0 Å². The molecule has 116 valence electrons. The van der Waals surface area contributed by atoms with E-state index < -0.39 is 11.9 Å². The Balaban J connectivity index is 1.81. The molecule has 3 N–H and O–H groups in total. The lowest BCUT2D eigenvalue weighted by molar-refractivity contribution is 0.0933. The fraction of sp³-hybridized carbons (Fsp3) is 0.333. The molecular formula is C15H16ClFN4O. The summed E-state index contributed by atoms with van der Waals surface area (Å²) in [6.45, 7) is 3.15. The molecule has 1 amide bonds. The molecule has 3 rings (SSSR count). The zero-order chi connectivity index (χ0) is 15.7. The molecule has 0 bridgehead atoms. The van der Waals surface area contributed by atoms with E-state index >= 15 is 0 Å². The summed E-state index contributed by atoms with van der Waals surface area (Å²) in [7, 11) is 0. The van der Waals surface area contributed by atoms with Crippen LogP contribution >= 0.6 is 11.6 Å². The maximum absolute atomic E-state index is 13.9. The van der Waals surface area contributed by atoms with E-state index in [1.807, 2.05) is 0 Å². The predicted octanol–water partition coefficient (Wildman–Crippen LogP) is 2.34. The first-order valence-electron chi connectivity index (χ1n) is 7.09. The highest BCUT2D eigenvalue weighted by atomic mass is 35.5. The van der Waals surface area contributed by atoms with Gasteiger partial charge in [-0.15, -0.1) is 0 Å². The van der Waals surface area contributed by atoms with Gasteiger partial charge in [-0.3, -0.25) is 9.89 Å². The van der Waals surface area contributed by atoms with Gasteiger partial charge in [0.15, 0.2) is 5.69 Å². The van der Waals surface area contributed by atoms with Gasteiger partial charge in [-0.25, -0.2) is 4.39 Å². The summed E-state index contributed by atoms with van der Waals surface area (Å²) in [5.74, 6) is -0.779. The van der Waals surface area contributed by atoms with Gasteiger partial charge in [0.2, 0.25) is 0 Å². The van der Waals surface area contributed by atoms with Gasteiger partial charge < -0.3 is 10.6 Å². The number of rotatable bonds is 3. The third kappa shape index (κ3) is 2.71. The zero-order valence-electron chi connectivity index (χ0n) is 12.0. The maximum atomic E-state index is 13.9. The molecule has 0 radical (unpaired) electrons. The van der Waals surface area contributed by atoms with E-state index in [-0.39, 0.29) is 11.5 Å². The fourth-order valence-corrected chi connectivity index (χ4v) is 3.00. The van der Waals surface area contributed by atoms with E-state index in [1.165, 1.54) is 12.1 Å². The summed E-state index contributed by atoms with van der Waals surface area (Å²) in [5, 5.41) is 13.2. The molecule has 22 heavy (non-hydrogen) atoms. The van der Waals surface area contributed by atoms with Crippen molar-refractivity contribution in [2.45, 2.75) is 25.9 Å². The first kappa shape index (κ1) is 15.0. The number of H-pyrrole nitrogens is 1. The quantitative estimate of drug-likeness (QED) is 0.812. The Labute approximate surface area is 132 Å². The summed E-state index contributed by atoms with van der Waals surface area (Å²) in [5.41, 5.74) is 2.47. The van der Waals surface area contributed by atoms with Gasteiger partial charge in [0.1, 0.15) is 5.82 Å². The van der Waals surface area contributed by atoms with Crippen molar-refractivity contribution in [2.24, 2.45) is 0 Å². The van der Waals surface area contributed by atoms with E-state index in [4.69, 9.17) is 11.6 Å². The standard InChI is InChI=1S/C15H16ClFN4O/c1-8(13-10(16)3-2-4-11(13)17)19-15(22)14-9-7-18-6-5-12(9)20-21-14/h2-4,8,18H,5-7H2,1H3,(H,19,22)(H,20,21). The number of carbonyl (C=O) groups is 1. The Morgan fingerprint density at radius 3 is 3.09 bits per heavy atom. The zero-order valence-corrected chi connectivity index (χ0v) is 12.8.